The number of hydrogen-bond acceptors (Lipinski definition) is 3. The minimum Gasteiger partial charge on any atom is -0.489 e. The molecule has 0 aliphatic carbocycles. The van der Waals surface area contributed by atoms with E-state index in [1.54, 1.807) is 6.07 Å². The Labute approximate surface area is 163 Å². The number of rotatable bonds is 5. The van der Waals surface area contributed by atoms with Gasteiger partial charge in [0.15, 0.2) is 0 Å². The SMILES string of the molecule is C=Cc1ccc(COc2ccc3c(C)c(-c4ccccc4)c(=O)oc3c2)cc1. The summed E-state index contributed by atoms with van der Waals surface area (Å²) in [6.45, 7) is 6.14. The van der Waals surface area contributed by atoms with Gasteiger partial charge in [0.2, 0.25) is 0 Å². The lowest BCUT2D eigenvalue weighted by Crippen LogP contribution is -2.06. The maximum absolute atomic E-state index is 12.6. The summed E-state index contributed by atoms with van der Waals surface area (Å²) < 4.78 is 11.5. The second-order valence-electron chi connectivity index (χ2n) is 6.65. The topological polar surface area (TPSA) is 39.4 Å². The second-order valence-corrected chi connectivity index (χ2v) is 6.65. The molecule has 28 heavy (non-hydrogen) atoms. The fourth-order valence-electron chi connectivity index (χ4n) is 3.28. The predicted molar refractivity (Wildman–Crippen MR) is 114 cm³/mol. The standard InChI is InChI=1S/C25H20O3/c1-3-18-9-11-19(12-10-18)16-27-21-13-14-22-17(2)24(20-7-5-4-6-8-20)25(26)28-23(22)15-21/h3-15H,1,16H2,2H3. The molecule has 0 saturated heterocycles. The van der Waals surface area contributed by atoms with Gasteiger partial charge in [0.05, 0.1) is 5.56 Å². The third-order valence-corrected chi connectivity index (χ3v) is 4.82. The van der Waals surface area contributed by atoms with Gasteiger partial charge in [0, 0.05) is 11.5 Å². The van der Waals surface area contributed by atoms with E-state index in [0.29, 0.717) is 23.5 Å². The monoisotopic (exact) mass is 368 g/mol. The van der Waals surface area contributed by atoms with Crippen LogP contribution in [0.3, 0.4) is 0 Å². The molecule has 4 rings (SSSR count). The normalized spacial score (nSPS) is 10.8. The van der Waals surface area contributed by atoms with E-state index < -0.39 is 0 Å². The van der Waals surface area contributed by atoms with Crippen LogP contribution >= 0.6 is 0 Å². The maximum atomic E-state index is 12.6. The predicted octanol–water partition coefficient (Wildman–Crippen LogP) is 5.99. The van der Waals surface area contributed by atoms with Crippen molar-refractivity contribution in [3.8, 4) is 16.9 Å². The summed E-state index contributed by atoms with van der Waals surface area (Å²) in [7, 11) is 0. The highest BCUT2D eigenvalue weighted by atomic mass is 16.5. The molecule has 0 aliphatic heterocycles. The van der Waals surface area contributed by atoms with Crippen molar-refractivity contribution in [1.82, 2.24) is 0 Å². The van der Waals surface area contributed by atoms with E-state index >= 15 is 0 Å². The highest BCUT2D eigenvalue weighted by Gasteiger charge is 2.13. The smallest absolute Gasteiger partial charge is 0.344 e. The number of fused-ring (bicyclic) bond motifs is 1. The van der Waals surface area contributed by atoms with E-state index in [-0.39, 0.29) is 5.63 Å². The molecule has 0 aliphatic rings. The van der Waals surface area contributed by atoms with Gasteiger partial charge in [-0.1, -0.05) is 67.3 Å². The third kappa shape index (κ3) is 3.47. The maximum Gasteiger partial charge on any atom is 0.344 e. The quantitative estimate of drug-likeness (QED) is 0.406. The van der Waals surface area contributed by atoms with Crippen molar-refractivity contribution in [3.63, 3.8) is 0 Å². The van der Waals surface area contributed by atoms with Crippen molar-refractivity contribution >= 4 is 17.0 Å². The first kappa shape index (κ1) is 17.8. The summed E-state index contributed by atoms with van der Waals surface area (Å²) >= 11 is 0. The van der Waals surface area contributed by atoms with Gasteiger partial charge >= 0.3 is 5.63 Å². The molecule has 0 bridgehead atoms. The molecule has 0 saturated carbocycles. The van der Waals surface area contributed by atoms with Crippen LogP contribution in [0, 0.1) is 6.92 Å². The molecule has 0 amide bonds. The molecule has 0 unspecified atom stereocenters. The summed E-state index contributed by atoms with van der Waals surface area (Å²) in [5.41, 5.74) is 4.69. The zero-order chi connectivity index (χ0) is 19.5. The number of aryl methyl sites for hydroxylation is 1. The fourth-order valence-corrected chi connectivity index (χ4v) is 3.28. The number of hydrogen-bond donors (Lipinski definition) is 0. The molecule has 138 valence electrons. The van der Waals surface area contributed by atoms with Crippen LogP contribution in [0.4, 0.5) is 0 Å². The summed E-state index contributed by atoms with van der Waals surface area (Å²) in [6, 6.07) is 23.2. The van der Waals surface area contributed by atoms with Crippen molar-refractivity contribution in [2.75, 3.05) is 0 Å². The molecule has 4 aromatic rings. The van der Waals surface area contributed by atoms with E-state index in [0.717, 1.165) is 27.6 Å². The lowest BCUT2D eigenvalue weighted by molar-refractivity contribution is 0.306. The molecule has 3 heteroatoms. The van der Waals surface area contributed by atoms with Crippen LogP contribution in [0.2, 0.25) is 0 Å². The average Bonchev–Trinajstić information content (AvgIpc) is 2.73. The first-order valence-corrected chi connectivity index (χ1v) is 9.13. The van der Waals surface area contributed by atoms with Crippen molar-refractivity contribution in [2.24, 2.45) is 0 Å². The molecule has 3 nitrogen and oxygen atoms in total. The lowest BCUT2D eigenvalue weighted by atomic mass is 10.00. The van der Waals surface area contributed by atoms with Crippen LogP contribution < -0.4 is 10.4 Å². The van der Waals surface area contributed by atoms with E-state index in [4.69, 9.17) is 9.15 Å². The van der Waals surface area contributed by atoms with Crippen molar-refractivity contribution in [2.45, 2.75) is 13.5 Å². The summed E-state index contributed by atoms with van der Waals surface area (Å²) in [5.74, 6) is 0.662. The fraction of sp³-hybridized carbons (Fsp3) is 0.0800. The Hall–Kier alpha value is -3.59. The highest BCUT2D eigenvalue weighted by molar-refractivity contribution is 5.87. The van der Waals surface area contributed by atoms with Crippen LogP contribution in [0.15, 0.2) is 88.6 Å². The number of ether oxygens (including phenoxy) is 1. The van der Waals surface area contributed by atoms with Gasteiger partial charge in [-0.2, -0.15) is 0 Å². The molecule has 0 radical (unpaired) electrons. The van der Waals surface area contributed by atoms with Crippen LogP contribution in [-0.4, -0.2) is 0 Å². The highest BCUT2D eigenvalue weighted by Crippen LogP contribution is 2.29. The summed E-state index contributed by atoms with van der Waals surface area (Å²) in [4.78, 5) is 12.6. The number of benzene rings is 3. The van der Waals surface area contributed by atoms with Gasteiger partial charge in [-0.3, -0.25) is 0 Å². The van der Waals surface area contributed by atoms with E-state index in [1.807, 2.05) is 79.7 Å². The minimum absolute atomic E-state index is 0.339. The van der Waals surface area contributed by atoms with Gasteiger partial charge in [0.1, 0.15) is 17.9 Å². The molecule has 1 heterocycles. The van der Waals surface area contributed by atoms with E-state index in [1.165, 1.54) is 0 Å². The molecule has 0 N–H and O–H groups in total. The van der Waals surface area contributed by atoms with Crippen LogP contribution in [-0.2, 0) is 6.61 Å². The summed E-state index contributed by atoms with van der Waals surface area (Å²) in [6.07, 6.45) is 1.81. The average molecular weight is 368 g/mol. The molecular weight excluding hydrogens is 348 g/mol. The van der Waals surface area contributed by atoms with Gasteiger partial charge in [0.25, 0.3) is 0 Å². The van der Waals surface area contributed by atoms with Crippen molar-refractivity contribution in [3.05, 3.63) is 106 Å². The van der Waals surface area contributed by atoms with Crippen molar-refractivity contribution < 1.29 is 9.15 Å². The molecular formula is C25H20O3. The van der Waals surface area contributed by atoms with Crippen LogP contribution in [0.25, 0.3) is 28.2 Å². The van der Waals surface area contributed by atoms with Crippen LogP contribution in [0.1, 0.15) is 16.7 Å². The largest absolute Gasteiger partial charge is 0.489 e. The third-order valence-electron chi connectivity index (χ3n) is 4.82. The Morgan fingerprint density at radius 2 is 1.75 bits per heavy atom. The Kier molecular flexibility index (Phi) is 4.81. The van der Waals surface area contributed by atoms with Gasteiger partial charge < -0.3 is 9.15 Å². The van der Waals surface area contributed by atoms with Crippen molar-refractivity contribution in [1.29, 1.82) is 0 Å². The van der Waals surface area contributed by atoms with Gasteiger partial charge in [-0.15, -0.1) is 0 Å². The first-order valence-electron chi connectivity index (χ1n) is 9.13. The zero-order valence-corrected chi connectivity index (χ0v) is 15.6. The van der Waals surface area contributed by atoms with Gasteiger partial charge in [-0.25, -0.2) is 4.79 Å². The molecule has 1 aromatic heterocycles. The Bertz CT molecular complexity index is 1190. The lowest BCUT2D eigenvalue weighted by Gasteiger charge is -2.10. The minimum atomic E-state index is -0.339. The van der Waals surface area contributed by atoms with Crippen LogP contribution in [0.5, 0.6) is 5.75 Å². The van der Waals surface area contributed by atoms with Gasteiger partial charge in [-0.05, 0) is 41.3 Å². The first-order chi connectivity index (χ1) is 13.7. The Balaban J connectivity index is 1.64. The molecule has 0 fully saturated rings. The second kappa shape index (κ2) is 7.57. The Morgan fingerprint density at radius 1 is 1.00 bits per heavy atom. The summed E-state index contributed by atoms with van der Waals surface area (Å²) in [5, 5.41) is 0.904. The molecule has 3 aromatic carbocycles. The van der Waals surface area contributed by atoms with E-state index in [2.05, 4.69) is 6.58 Å². The Morgan fingerprint density at radius 3 is 2.46 bits per heavy atom. The zero-order valence-electron chi connectivity index (χ0n) is 15.6. The molecule has 0 atom stereocenters. The molecule has 0 spiro atoms. The van der Waals surface area contributed by atoms with E-state index in [9.17, 15) is 4.79 Å².